The van der Waals surface area contributed by atoms with E-state index in [1.807, 2.05) is 14.0 Å². The average molecular weight is 283 g/mol. The van der Waals surface area contributed by atoms with E-state index in [1.54, 1.807) is 0 Å². The van der Waals surface area contributed by atoms with Gasteiger partial charge in [-0.25, -0.2) is 0 Å². The molecule has 0 radical (unpaired) electrons. The summed E-state index contributed by atoms with van der Waals surface area (Å²) in [5.41, 5.74) is -0.114. The number of piperidine rings is 1. The molecule has 0 aromatic rings. The fourth-order valence-electron chi connectivity index (χ4n) is 2.45. The van der Waals surface area contributed by atoms with Gasteiger partial charge in [-0.1, -0.05) is 13.3 Å². The minimum atomic E-state index is -0.114. The number of nitrogens with zero attached hydrogens (tertiary/aromatic N) is 1. The summed E-state index contributed by atoms with van der Waals surface area (Å²) in [7, 11) is 2.05. The van der Waals surface area contributed by atoms with Crippen molar-refractivity contribution in [2.75, 3.05) is 20.1 Å². The first-order valence-electron chi connectivity index (χ1n) is 8.11. The zero-order valence-electron chi connectivity index (χ0n) is 14.0. The number of hydrogen-bond acceptors (Lipinski definition) is 3. The maximum absolute atomic E-state index is 12.2. The Morgan fingerprint density at radius 1 is 1.45 bits per heavy atom. The van der Waals surface area contributed by atoms with Crippen molar-refractivity contribution in [3.8, 4) is 0 Å². The summed E-state index contributed by atoms with van der Waals surface area (Å²) in [6.45, 7) is 10.4. The van der Waals surface area contributed by atoms with Crippen molar-refractivity contribution in [2.24, 2.45) is 0 Å². The van der Waals surface area contributed by atoms with Gasteiger partial charge in [0.1, 0.15) is 0 Å². The smallest absolute Gasteiger partial charge is 0.237 e. The molecule has 1 fully saturated rings. The minimum Gasteiger partial charge on any atom is -0.350 e. The molecule has 4 heteroatoms. The Balaban J connectivity index is 2.33. The second kappa shape index (κ2) is 7.99. The molecule has 2 atom stereocenters. The predicted molar refractivity (Wildman–Crippen MR) is 84.9 cm³/mol. The van der Waals surface area contributed by atoms with Crippen LogP contribution in [0.4, 0.5) is 0 Å². The number of carbonyl (C=O) groups is 1. The van der Waals surface area contributed by atoms with E-state index in [4.69, 9.17) is 0 Å². The number of amides is 1. The third-order valence-electron chi connectivity index (χ3n) is 4.63. The van der Waals surface area contributed by atoms with Crippen molar-refractivity contribution in [3.63, 3.8) is 0 Å². The molecule has 118 valence electrons. The molecule has 0 aromatic carbocycles. The zero-order valence-corrected chi connectivity index (χ0v) is 14.0. The van der Waals surface area contributed by atoms with Gasteiger partial charge in [0.25, 0.3) is 0 Å². The highest BCUT2D eigenvalue weighted by Crippen LogP contribution is 2.12. The van der Waals surface area contributed by atoms with Gasteiger partial charge in [-0.05, 0) is 60.0 Å². The highest BCUT2D eigenvalue weighted by atomic mass is 16.2. The molecule has 0 aromatic heterocycles. The predicted octanol–water partition coefficient (Wildman–Crippen LogP) is 2.14. The summed E-state index contributed by atoms with van der Waals surface area (Å²) in [6, 6.07) is 0.568. The minimum absolute atomic E-state index is 0.0654. The number of rotatable bonds is 7. The van der Waals surface area contributed by atoms with Crippen molar-refractivity contribution in [2.45, 2.75) is 77.4 Å². The lowest BCUT2D eigenvalue weighted by Crippen LogP contribution is -2.51. The van der Waals surface area contributed by atoms with Gasteiger partial charge in [-0.2, -0.15) is 0 Å². The average Bonchev–Trinajstić information content (AvgIpc) is 2.44. The van der Waals surface area contributed by atoms with E-state index >= 15 is 0 Å². The van der Waals surface area contributed by atoms with Gasteiger partial charge in [-0.3, -0.25) is 9.69 Å². The molecule has 1 rings (SSSR count). The van der Waals surface area contributed by atoms with Crippen LogP contribution < -0.4 is 10.6 Å². The molecule has 2 unspecified atom stereocenters. The van der Waals surface area contributed by atoms with Crippen LogP contribution in [0.3, 0.4) is 0 Å². The lowest BCUT2D eigenvalue weighted by molar-refractivity contribution is -0.127. The van der Waals surface area contributed by atoms with Crippen LogP contribution in [0.5, 0.6) is 0 Å². The third kappa shape index (κ3) is 5.80. The van der Waals surface area contributed by atoms with Crippen LogP contribution in [0.15, 0.2) is 0 Å². The first-order chi connectivity index (χ1) is 9.35. The van der Waals surface area contributed by atoms with E-state index < -0.39 is 0 Å². The van der Waals surface area contributed by atoms with E-state index in [0.717, 1.165) is 25.9 Å². The van der Waals surface area contributed by atoms with Gasteiger partial charge < -0.3 is 10.6 Å². The molecule has 20 heavy (non-hydrogen) atoms. The summed E-state index contributed by atoms with van der Waals surface area (Å²) in [4.78, 5) is 14.4. The molecule has 0 aliphatic carbocycles. The molecule has 2 N–H and O–H groups in total. The van der Waals surface area contributed by atoms with E-state index in [0.29, 0.717) is 6.04 Å². The Kier molecular flexibility index (Phi) is 6.96. The zero-order chi connectivity index (χ0) is 15.2. The quantitative estimate of drug-likeness (QED) is 0.752. The molecule has 0 saturated carbocycles. The Bertz CT molecular complexity index is 298. The van der Waals surface area contributed by atoms with E-state index in [1.165, 1.54) is 19.3 Å². The van der Waals surface area contributed by atoms with Gasteiger partial charge in [0.15, 0.2) is 0 Å². The number of carbonyl (C=O) groups excluding carboxylic acids is 1. The van der Waals surface area contributed by atoms with Crippen molar-refractivity contribution in [1.29, 1.82) is 0 Å². The molecule has 1 heterocycles. The largest absolute Gasteiger partial charge is 0.350 e. The van der Waals surface area contributed by atoms with Gasteiger partial charge in [-0.15, -0.1) is 0 Å². The first kappa shape index (κ1) is 17.4. The third-order valence-corrected chi connectivity index (χ3v) is 4.63. The fourth-order valence-corrected chi connectivity index (χ4v) is 2.45. The topological polar surface area (TPSA) is 44.4 Å². The summed E-state index contributed by atoms with van der Waals surface area (Å²) in [5, 5.41) is 6.69. The van der Waals surface area contributed by atoms with Gasteiger partial charge in [0.05, 0.1) is 6.04 Å². The van der Waals surface area contributed by atoms with E-state index in [2.05, 4.69) is 36.3 Å². The SMILES string of the molecule is CCC(C)(C)NC(=O)C(C)N(C)CCC1CCCCN1. The second-order valence-corrected chi connectivity index (χ2v) is 6.82. The van der Waals surface area contributed by atoms with Crippen LogP contribution in [0, 0.1) is 0 Å². The van der Waals surface area contributed by atoms with Crippen molar-refractivity contribution in [3.05, 3.63) is 0 Å². The molecule has 1 saturated heterocycles. The second-order valence-electron chi connectivity index (χ2n) is 6.82. The summed E-state index contributed by atoms with van der Waals surface area (Å²) < 4.78 is 0. The Hall–Kier alpha value is -0.610. The molecular formula is C16H33N3O. The van der Waals surface area contributed by atoms with Crippen molar-refractivity contribution in [1.82, 2.24) is 15.5 Å². The Morgan fingerprint density at radius 3 is 2.70 bits per heavy atom. The van der Waals surface area contributed by atoms with Gasteiger partial charge in [0.2, 0.25) is 5.91 Å². The molecule has 4 nitrogen and oxygen atoms in total. The molecule has 1 aliphatic heterocycles. The summed E-state index contributed by atoms with van der Waals surface area (Å²) >= 11 is 0. The van der Waals surface area contributed by atoms with Crippen molar-refractivity contribution >= 4 is 5.91 Å². The highest BCUT2D eigenvalue weighted by Gasteiger charge is 2.24. The van der Waals surface area contributed by atoms with Crippen LogP contribution in [0.1, 0.15) is 59.8 Å². The van der Waals surface area contributed by atoms with Crippen LogP contribution in [-0.2, 0) is 4.79 Å². The monoisotopic (exact) mass is 283 g/mol. The molecule has 0 bridgehead atoms. The maximum Gasteiger partial charge on any atom is 0.237 e. The lowest BCUT2D eigenvalue weighted by atomic mass is 10.0. The van der Waals surface area contributed by atoms with Crippen LogP contribution in [0.2, 0.25) is 0 Å². The molecular weight excluding hydrogens is 250 g/mol. The van der Waals surface area contributed by atoms with Crippen LogP contribution in [-0.4, -0.2) is 48.6 Å². The summed E-state index contributed by atoms with van der Waals surface area (Å²) in [5.74, 6) is 0.135. The highest BCUT2D eigenvalue weighted by molar-refractivity contribution is 5.81. The van der Waals surface area contributed by atoms with Gasteiger partial charge in [0, 0.05) is 18.1 Å². The lowest BCUT2D eigenvalue weighted by Gasteiger charge is -2.31. The maximum atomic E-state index is 12.2. The molecule has 0 spiro atoms. The number of nitrogens with one attached hydrogen (secondary N) is 2. The van der Waals surface area contributed by atoms with Crippen LogP contribution >= 0.6 is 0 Å². The first-order valence-corrected chi connectivity index (χ1v) is 8.11. The van der Waals surface area contributed by atoms with Crippen molar-refractivity contribution < 1.29 is 4.79 Å². The standard InChI is InChI=1S/C16H33N3O/c1-6-16(3,4)18-15(20)13(2)19(5)12-10-14-9-7-8-11-17-14/h13-14,17H,6-12H2,1-5H3,(H,18,20). The van der Waals surface area contributed by atoms with Crippen LogP contribution in [0.25, 0.3) is 0 Å². The number of hydrogen-bond donors (Lipinski definition) is 2. The fraction of sp³-hybridized carbons (Fsp3) is 0.938. The van der Waals surface area contributed by atoms with E-state index in [9.17, 15) is 4.79 Å². The van der Waals surface area contributed by atoms with E-state index in [-0.39, 0.29) is 17.5 Å². The summed E-state index contributed by atoms with van der Waals surface area (Å²) in [6.07, 6.45) is 5.99. The number of likely N-dealkylation sites (N-methyl/N-ethyl adjacent to an activating group) is 1. The Morgan fingerprint density at radius 2 is 2.15 bits per heavy atom. The molecule has 1 amide bonds. The van der Waals surface area contributed by atoms with Gasteiger partial charge >= 0.3 is 0 Å². The normalized spacial score (nSPS) is 21.8. The molecule has 1 aliphatic rings. The Labute approximate surface area is 124 Å².